The highest BCUT2D eigenvalue weighted by molar-refractivity contribution is 5.58. The van der Waals surface area contributed by atoms with Crippen LogP contribution in [-0.4, -0.2) is 55.8 Å². The van der Waals surface area contributed by atoms with Gasteiger partial charge in [-0.05, 0) is 24.3 Å². The fourth-order valence-corrected chi connectivity index (χ4v) is 3.25. The highest BCUT2D eigenvalue weighted by atomic mass is 16.5. The Hall–Kier alpha value is -2.11. The van der Waals surface area contributed by atoms with E-state index in [4.69, 9.17) is 10.5 Å². The van der Waals surface area contributed by atoms with Gasteiger partial charge in [-0.25, -0.2) is 0 Å². The Bertz CT molecular complexity index is 626. The number of hydrogen-bond acceptors (Lipinski definition) is 5. The summed E-state index contributed by atoms with van der Waals surface area (Å²) in [5, 5.41) is 0. The molecular weight excluding hydrogens is 300 g/mol. The summed E-state index contributed by atoms with van der Waals surface area (Å²) < 4.78 is 5.47. The molecule has 1 aliphatic rings. The van der Waals surface area contributed by atoms with Crippen LogP contribution in [0.2, 0.25) is 0 Å². The lowest BCUT2D eigenvalue weighted by Gasteiger charge is -2.37. The molecule has 2 N–H and O–H groups in total. The Labute approximate surface area is 144 Å². The maximum Gasteiger partial charge on any atom is 0.142 e. The van der Waals surface area contributed by atoms with Gasteiger partial charge in [0.05, 0.1) is 12.8 Å². The van der Waals surface area contributed by atoms with Crippen LogP contribution in [0.15, 0.2) is 48.7 Å². The van der Waals surface area contributed by atoms with Gasteiger partial charge in [0.2, 0.25) is 0 Å². The number of anilines is 1. The number of methoxy groups -OCH3 is 1. The molecule has 2 aromatic rings. The van der Waals surface area contributed by atoms with Gasteiger partial charge in [-0.2, -0.15) is 0 Å². The Morgan fingerprint density at radius 1 is 1.08 bits per heavy atom. The molecule has 24 heavy (non-hydrogen) atoms. The molecule has 1 atom stereocenters. The predicted molar refractivity (Wildman–Crippen MR) is 97.6 cm³/mol. The second kappa shape index (κ2) is 8.13. The molecule has 0 amide bonds. The van der Waals surface area contributed by atoms with Crippen LogP contribution in [0.3, 0.4) is 0 Å². The van der Waals surface area contributed by atoms with Gasteiger partial charge in [0.15, 0.2) is 0 Å². The summed E-state index contributed by atoms with van der Waals surface area (Å²) in [4.78, 5) is 9.19. The number of ether oxygens (including phenoxy) is 1. The van der Waals surface area contributed by atoms with Crippen molar-refractivity contribution >= 4 is 5.69 Å². The average Bonchev–Trinajstić information content (AvgIpc) is 2.63. The van der Waals surface area contributed by atoms with E-state index in [-0.39, 0.29) is 6.04 Å². The first-order chi connectivity index (χ1) is 11.8. The first-order valence-corrected chi connectivity index (χ1v) is 8.52. The summed E-state index contributed by atoms with van der Waals surface area (Å²) in [5.74, 6) is 0.942. The zero-order valence-corrected chi connectivity index (χ0v) is 14.3. The van der Waals surface area contributed by atoms with Gasteiger partial charge >= 0.3 is 0 Å². The number of benzene rings is 1. The molecule has 5 heteroatoms. The number of rotatable bonds is 6. The molecule has 128 valence electrons. The molecule has 1 unspecified atom stereocenters. The number of hydrogen-bond donors (Lipinski definition) is 1. The van der Waals surface area contributed by atoms with Crippen LogP contribution in [0.5, 0.6) is 5.75 Å². The summed E-state index contributed by atoms with van der Waals surface area (Å²) in [6.07, 6.45) is 2.65. The Morgan fingerprint density at radius 3 is 2.54 bits per heavy atom. The van der Waals surface area contributed by atoms with E-state index in [0.717, 1.165) is 50.6 Å². The van der Waals surface area contributed by atoms with Crippen LogP contribution in [0.4, 0.5) is 5.69 Å². The minimum atomic E-state index is 0.123. The lowest BCUT2D eigenvalue weighted by molar-refractivity contribution is 0.241. The number of nitrogens with zero attached hydrogens (tertiary/aromatic N) is 3. The van der Waals surface area contributed by atoms with Crippen LogP contribution in [0, 0.1) is 0 Å². The molecule has 0 spiro atoms. The topological polar surface area (TPSA) is 54.6 Å². The summed E-state index contributed by atoms with van der Waals surface area (Å²) in [6, 6.07) is 14.3. The Morgan fingerprint density at radius 2 is 1.83 bits per heavy atom. The first kappa shape index (κ1) is 16.7. The van der Waals surface area contributed by atoms with E-state index >= 15 is 0 Å². The van der Waals surface area contributed by atoms with Crippen molar-refractivity contribution in [2.75, 3.05) is 44.7 Å². The van der Waals surface area contributed by atoms with E-state index in [0.29, 0.717) is 0 Å². The molecule has 1 saturated heterocycles. The summed E-state index contributed by atoms with van der Waals surface area (Å²) in [6.45, 7) is 4.95. The van der Waals surface area contributed by atoms with Crippen LogP contribution < -0.4 is 15.4 Å². The maximum atomic E-state index is 6.31. The largest absolute Gasteiger partial charge is 0.495 e. The van der Waals surface area contributed by atoms with Crippen LogP contribution in [0.1, 0.15) is 5.69 Å². The zero-order chi connectivity index (χ0) is 16.8. The quantitative estimate of drug-likeness (QED) is 0.877. The van der Waals surface area contributed by atoms with Gasteiger partial charge in [0.1, 0.15) is 5.75 Å². The van der Waals surface area contributed by atoms with Gasteiger partial charge in [0, 0.05) is 57.1 Å². The number of pyridine rings is 1. The second-order valence-corrected chi connectivity index (χ2v) is 6.24. The first-order valence-electron chi connectivity index (χ1n) is 8.52. The third-order valence-electron chi connectivity index (χ3n) is 4.49. The van der Waals surface area contributed by atoms with E-state index in [1.54, 1.807) is 7.11 Å². The van der Waals surface area contributed by atoms with Crippen LogP contribution in [-0.2, 0) is 6.42 Å². The third-order valence-corrected chi connectivity index (χ3v) is 4.49. The lowest BCUT2D eigenvalue weighted by Crippen LogP contribution is -2.50. The lowest BCUT2D eigenvalue weighted by atomic mass is 10.1. The van der Waals surface area contributed by atoms with Gasteiger partial charge in [-0.15, -0.1) is 0 Å². The molecule has 0 aliphatic carbocycles. The average molecular weight is 326 g/mol. The van der Waals surface area contributed by atoms with E-state index in [1.165, 1.54) is 5.69 Å². The molecule has 0 saturated carbocycles. The molecule has 0 radical (unpaired) electrons. The van der Waals surface area contributed by atoms with Crippen molar-refractivity contribution in [3.05, 3.63) is 54.4 Å². The Balaban J connectivity index is 1.50. The zero-order valence-electron chi connectivity index (χ0n) is 14.3. The summed E-state index contributed by atoms with van der Waals surface area (Å²) in [5.41, 5.74) is 8.56. The SMILES string of the molecule is COc1ccccc1N1CCN(CC(N)Cc2ccccn2)CC1. The monoisotopic (exact) mass is 326 g/mol. The summed E-state index contributed by atoms with van der Waals surface area (Å²) in [7, 11) is 1.73. The smallest absolute Gasteiger partial charge is 0.142 e. The standard InChI is InChI=1S/C19H26N4O/c1-24-19-8-3-2-7-18(19)23-12-10-22(11-13-23)15-16(20)14-17-6-4-5-9-21-17/h2-9,16H,10-15,20H2,1H3. The van der Waals surface area contributed by atoms with Gasteiger partial charge in [-0.1, -0.05) is 18.2 Å². The summed E-state index contributed by atoms with van der Waals surface area (Å²) >= 11 is 0. The van der Waals surface area contributed by atoms with Crippen LogP contribution in [0.25, 0.3) is 0 Å². The van der Waals surface area contributed by atoms with Gasteiger partial charge in [0.25, 0.3) is 0 Å². The number of nitrogens with two attached hydrogens (primary N) is 1. The molecule has 5 nitrogen and oxygen atoms in total. The van der Waals surface area contributed by atoms with E-state index in [1.807, 2.05) is 36.5 Å². The van der Waals surface area contributed by atoms with Crippen molar-refractivity contribution in [3.8, 4) is 5.75 Å². The van der Waals surface area contributed by atoms with Crippen molar-refractivity contribution < 1.29 is 4.74 Å². The predicted octanol–water partition coefficient (Wildman–Crippen LogP) is 1.78. The molecule has 0 bridgehead atoms. The molecule has 1 aliphatic heterocycles. The van der Waals surface area contributed by atoms with E-state index in [2.05, 4.69) is 26.9 Å². The number of aromatic nitrogens is 1. The van der Waals surface area contributed by atoms with Crippen LogP contribution >= 0.6 is 0 Å². The number of para-hydroxylation sites is 2. The molecular formula is C19H26N4O. The van der Waals surface area contributed by atoms with Crippen molar-refractivity contribution in [1.29, 1.82) is 0 Å². The molecule has 1 aromatic carbocycles. The minimum Gasteiger partial charge on any atom is -0.495 e. The normalized spacial score (nSPS) is 16.8. The maximum absolute atomic E-state index is 6.31. The van der Waals surface area contributed by atoms with Gasteiger partial charge in [-0.3, -0.25) is 9.88 Å². The van der Waals surface area contributed by atoms with E-state index in [9.17, 15) is 0 Å². The van der Waals surface area contributed by atoms with Gasteiger partial charge < -0.3 is 15.4 Å². The molecule has 3 rings (SSSR count). The fourth-order valence-electron chi connectivity index (χ4n) is 3.25. The van der Waals surface area contributed by atoms with Crippen molar-refractivity contribution in [2.45, 2.75) is 12.5 Å². The molecule has 2 heterocycles. The van der Waals surface area contributed by atoms with Crippen molar-refractivity contribution in [1.82, 2.24) is 9.88 Å². The number of piperazine rings is 1. The molecule has 1 aromatic heterocycles. The highest BCUT2D eigenvalue weighted by Gasteiger charge is 2.21. The van der Waals surface area contributed by atoms with Crippen molar-refractivity contribution in [3.63, 3.8) is 0 Å². The van der Waals surface area contributed by atoms with E-state index < -0.39 is 0 Å². The third kappa shape index (κ3) is 4.24. The van der Waals surface area contributed by atoms with Crippen molar-refractivity contribution in [2.24, 2.45) is 5.73 Å². The minimum absolute atomic E-state index is 0.123. The highest BCUT2D eigenvalue weighted by Crippen LogP contribution is 2.28. The molecule has 1 fully saturated rings. The second-order valence-electron chi connectivity index (χ2n) is 6.24. The Kier molecular flexibility index (Phi) is 5.67. The fraction of sp³-hybridized carbons (Fsp3) is 0.421.